The number of piperidine rings is 1. The number of carbonyl (C=O) groups is 2. The Morgan fingerprint density at radius 3 is 2.69 bits per heavy atom. The van der Waals surface area contributed by atoms with Gasteiger partial charge in [0.25, 0.3) is 5.91 Å². The molecule has 0 bridgehead atoms. The summed E-state index contributed by atoms with van der Waals surface area (Å²) in [6.07, 6.45) is 4.33. The van der Waals surface area contributed by atoms with E-state index in [0.717, 1.165) is 41.3 Å². The zero-order chi connectivity index (χ0) is 21.4. The molecular formula is C24H27ClN4O3. The predicted octanol–water partition coefficient (Wildman–Crippen LogP) is 2.24. The number of hydrogen-bond acceptors (Lipinski definition) is 6. The Balaban J connectivity index is 0.00000245. The maximum atomic E-state index is 13.0. The van der Waals surface area contributed by atoms with Gasteiger partial charge in [-0.1, -0.05) is 30.7 Å². The largest absolute Gasteiger partial charge is 0.395 e. The van der Waals surface area contributed by atoms with E-state index < -0.39 is 0 Å². The molecule has 2 aromatic rings. The Bertz CT molecular complexity index is 1110. The van der Waals surface area contributed by atoms with Crippen LogP contribution in [0.5, 0.6) is 0 Å². The zero-order valence-electron chi connectivity index (χ0n) is 17.7. The van der Waals surface area contributed by atoms with Crippen molar-refractivity contribution in [3.05, 3.63) is 53.6 Å². The molecular weight excluding hydrogens is 428 g/mol. The normalized spacial score (nSPS) is 22.3. The maximum absolute atomic E-state index is 13.0. The highest BCUT2D eigenvalue weighted by molar-refractivity contribution is 6.26. The van der Waals surface area contributed by atoms with E-state index in [1.807, 2.05) is 29.2 Å². The third-order valence-electron chi connectivity index (χ3n) is 6.28. The van der Waals surface area contributed by atoms with E-state index >= 15 is 0 Å². The van der Waals surface area contributed by atoms with Crippen LogP contribution in [0.2, 0.25) is 0 Å². The van der Waals surface area contributed by atoms with Gasteiger partial charge in [0.05, 0.1) is 24.4 Å². The molecule has 1 saturated heterocycles. The summed E-state index contributed by atoms with van der Waals surface area (Å²) in [7, 11) is 0. The lowest BCUT2D eigenvalue weighted by molar-refractivity contribution is -0.119. The van der Waals surface area contributed by atoms with Crippen LogP contribution >= 0.6 is 12.4 Å². The minimum atomic E-state index is -0.283. The van der Waals surface area contributed by atoms with E-state index in [2.05, 4.69) is 22.8 Å². The summed E-state index contributed by atoms with van der Waals surface area (Å²) in [6.45, 7) is 1.33. The van der Waals surface area contributed by atoms with Crippen molar-refractivity contribution in [2.75, 3.05) is 19.7 Å². The second-order valence-electron chi connectivity index (χ2n) is 8.53. The molecule has 3 heterocycles. The third-order valence-corrected chi connectivity index (χ3v) is 6.28. The van der Waals surface area contributed by atoms with Gasteiger partial charge in [-0.05, 0) is 47.4 Å². The lowest BCUT2D eigenvalue weighted by Gasteiger charge is -2.34. The molecule has 168 valence electrons. The summed E-state index contributed by atoms with van der Waals surface area (Å²) in [5.41, 5.74) is 2.22. The number of nitrogens with zero attached hydrogens (tertiary/aromatic N) is 2. The number of amides is 1. The summed E-state index contributed by atoms with van der Waals surface area (Å²) in [6, 6.07) is 12.5. The smallest absolute Gasteiger partial charge is 0.255 e. The highest BCUT2D eigenvalue weighted by Gasteiger charge is 2.32. The predicted molar refractivity (Wildman–Crippen MR) is 126 cm³/mol. The Morgan fingerprint density at radius 1 is 1.16 bits per heavy atom. The molecule has 1 fully saturated rings. The molecule has 0 saturated carbocycles. The molecule has 3 N–H and O–H groups in total. The van der Waals surface area contributed by atoms with Gasteiger partial charge in [-0.3, -0.25) is 9.59 Å². The van der Waals surface area contributed by atoms with Gasteiger partial charge in [0, 0.05) is 25.2 Å². The van der Waals surface area contributed by atoms with Crippen LogP contribution < -0.4 is 10.6 Å². The molecule has 7 nitrogen and oxygen atoms in total. The van der Waals surface area contributed by atoms with Crippen molar-refractivity contribution >= 4 is 46.4 Å². The molecule has 2 unspecified atom stereocenters. The van der Waals surface area contributed by atoms with E-state index in [-0.39, 0.29) is 49.3 Å². The van der Waals surface area contributed by atoms with Crippen molar-refractivity contribution in [1.29, 1.82) is 0 Å². The van der Waals surface area contributed by atoms with Gasteiger partial charge < -0.3 is 20.6 Å². The average molecular weight is 455 g/mol. The van der Waals surface area contributed by atoms with Crippen LogP contribution in [0, 0.1) is 0 Å². The average Bonchev–Trinajstić information content (AvgIpc) is 2.79. The minimum Gasteiger partial charge on any atom is -0.395 e. The Labute approximate surface area is 193 Å². The number of ketones is 1. The summed E-state index contributed by atoms with van der Waals surface area (Å²) in [5.74, 6) is 0.183. The first-order chi connectivity index (χ1) is 15.1. The second-order valence-corrected chi connectivity index (χ2v) is 8.53. The summed E-state index contributed by atoms with van der Waals surface area (Å²) < 4.78 is 0. The number of hydrogen-bond donors (Lipinski definition) is 3. The van der Waals surface area contributed by atoms with Gasteiger partial charge in [0.15, 0.2) is 5.78 Å². The zero-order valence-corrected chi connectivity index (χ0v) is 18.5. The molecule has 5 rings (SSSR count). The Kier molecular flexibility index (Phi) is 6.60. The number of rotatable bonds is 4. The van der Waals surface area contributed by atoms with Crippen LogP contribution in [-0.2, 0) is 16.1 Å². The molecule has 0 radical (unpaired) electrons. The van der Waals surface area contributed by atoms with Gasteiger partial charge in [0.2, 0.25) is 0 Å². The van der Waals surface area contributed by atoms with Gasteiger partial charge in [-0.15, -0.1) is 12.4 Å². The Morgan fingerprint density at radius 2 is 1.91 bits per heavy atom. The van der Waals surface area contributed by atoms with Gasteiger partial charge in [-0.25, -0.2) is 4.99 Å². The lowest BCUT2D eigenvalue weighted by Crippen LogP contribution is -2.51. The molecule has 0 spiro atoms. The topological polar surface area (TPSA) is 94.0 Å². The minimum absolute atomic E-state index is 0. The molecule has 2 atom stereocenters. The van der Waals surface area contributed by atoms with Gasteiger partial charge >= 0.3 is 0 Å². The van der Waals surface area contributed by atoms with Crippen molar-refractivity contribution in [1.82, 2.24) is 15.5 Å². The Hall–Kier alpha value is -2.74. The number of amidine groups is 1. The first kappa shape index (κ1) is 22.5. The fourth-order valence-electron chi connectivity index (χ4n) is 4.69. The highest BCUT2D eigenvalue weighted by atomic mass is 35.5. The number of benzene rings is 2. The van der Waals surface area contributed by atoms with Crippen molar-refractivity contribution in [2.45, 2.75) is 37.9 Å². The second kappa shape index (κ2) is 9.40. The van der Waals surface area contributed by atoms with Crippen LogP contribution in [0.3, 0.4) is 0 Å². The molecule has 0 aliphatic carbocycles. The number of carbonyl (C=O) groups excluding carboxylic acids is 2. The van der Waals surface area contributed by atoms with E-state index in [0.29, 0.717) is 24.5 Å². The monoisotopic (exact) mass is 454 g/mol. The van der Waals surface area contributed by atoms with Crippen LogP contribution in [0.15, 0.2) is 53.0 Å². The molecule has 3 aliphatic rings. The molecule has 8 heteroatoms. The molecule has 32 heavy (non-hydrogen) atoms. The first-order valence-electron chi connectivity index (χ1n) is 10.9. The van der Waals surface area contributed by atoms with Crippen LogP contribution in [0.25, 0.3) is 10.8 Å². The summed E-state index contributed by atoms with van der Waals surface area (Å²) >= 11 is 0. The number of fused-ring (bicyclic) bond motifs is 3. The van der Waals surface area contributed by atoms with Crippen LogP contribution in [-0.4, -0.2) is 59.3 Å². The quantitative estimate of drug-likeness (QED) is 0.658. The number of aliphatic hydroxyl groups is 1. The highest BCUT2D eigenvalue weighted by Crippen LogP contribution is 2.33. The molecule has 0 aromatic heterocycles. The van der Waals surface area contributed by atoms with Crippen molar-refractivity contribution in [3.8, 4) is 0 Å². The molecule has 2 aromatic carbocycles. The maximum Gasteiger partial charge on any atom is 0.255 e. The first-order valence-corrected chi connectivity index (χ1v) is 10.9. The summed E-state index contributed by atoms with van der Waals surface area (Å²) in [4.78, 5) is 32.0. The third kappa shape index (κ3) is 4.41. The fraction of sp³-hybridized carbons (Fsp3) is 0.375. The lowest BCUT2D eigenvalue weighted by atomic mass is 9.98. The van der Waals surface area contributed by atoms with E-state index in [9.17, 15) is 14.7 Å². The van der Waals surface area contributed by atoms with Crippen molar-refractivity contribution in [2.24, 2.45) is 4.99 Å². The van der Waals surface area contributed by atoms with E-state index in [4.69, 9.17) is 4.99 Å². The number of aliphatic imine (C=N–C) groups is 1. The fourth-order valence-corrected chi connectivity index (χ4v) is 4.69. The SMILES string of the molecule is Cl.O=C1C=C(C(=O)NCC2CCCC(CO)N2)C2=Nc3cc4ccccc4cc3CN2C1. The van der Waals surface area contributed by atoms with Crippen LogP contribution in [0.1, 0.15) is 24.8 Å². The number of nitrogens with one attached hydrogen (secondary N) is 2. The van der Waals surface area contributed by atoms with Crippen LogP contribution in [0.4, 0.5) is 5.69 Å². The van der Waals surface area contributed by atoms with Crippen molar-refractivity contribution in [3.63, 3.8) is 0 Å². The molecule has 1 amide bonds. The number of halogens is 1. The molecule has 3 aliphatic heterocycles. The number of aliphatic hydroxyl groups excluding tert-OH is 1. The van der Waals surface area contributed by atoms with Gasteiger partial charge in [0.1, 0.15) is 5.84 Å². The van der Waals surface area contributed by atoms with Gasteiger partial charge in [-0.2, -0.15) is 0 Å². The van der Waals surface area contributed by atoms with E-state index in [1.54, 1.807) is 0 Å². The standard InChI is InChI=1S/C24H26N4O3.ClH/c29-14-19-7-3-6-18(26-19)11-25-24(31)21-10-20(30)13-28-12-17-8-15-4-1-2-5-16(15)9-22(17)27-23(21)28;/h1-2,4-5,8-10,18-19,26,29H,3,6-7,11-14H2,(H,25,31);1H. The summed E-state index contributed by atoms with van der Waals surface area (Å²) in [5, 5.41) is 17.9. The van der Waals surface area contributed by atoms with Crippen molar-refractivity contribution < 1.29 is 14.7 Å². The van der Waals surface area contributed by atoms with E-state index in [1.165, 1.54) is 6.08 Å².